The first-order valence-corrected chi connectivity index (χ1v) is 6.04. The van der Waals surface area contributed by atoms with Crippen LogP contribution in [0.25, 0.3) is 11.0 Å². The van der Waals surface area contributed by atoms with Gasteiger partial charge in [0.1, 0.15) is 11.3 Å². The average molecular weight is 262 g/mol. The zero-order valence-corrected chi connectivity index (χ0v) is 11.3. The summed E-state index contributed by atoms with van der Waals surface area (Å²) in [6.45, 7) is 7.06. The highest BCUT2D eigenvalue weighted by Crippen LogP contribution is 2.20. The maximum absolute atomic E-state index is 13.6. The molecule has 0 atom stereocenters. The largest absolute Gasteiger partial charge is 0.459 e. The first-order chi connectivity index (χ1) is 8.88. The molecule has 0 fully saturated rings. The van der Waals surface area contributed by atoms with E-state index in [0.717, 1.165) is 6.07 Å². The van der Waals surface area contributed by atoms with E-state index in [1.54, 1.807) is 27.7 Å². The molecule has 0 aliphatic heterocycles. The Morgan fingerprint density at radius 3 is 2.47 bits per heavy atom. The summed E-state index contributed by atoms with van der Waals surface area (Å²) in [5.74, 6) is -1.11. The van der Waals surface area contributed by atoms with Gasteiger partial charge in [0.15, 0.2) is 0 Å². The van der Waals surface area contributed by atoms with Gasteiger partial charge in [-0.25, -0.2) is 19.2 Å². The van der Waals surface area contributed by atoms with Gasteiger partial charge in [0.25, 0.3) is 0 Å². The van der Waals surface area contributed by atoms with Crippen molar-refractivity contribution in [2.45, 2.75) is 33.8 Å². The quantitative estimate of drug-likeness (QED) is 0.781. The molecule has 2 rings (SSSR count). The Balaban J connectivity index is 2.65. The van der Waals surface area contributed by atoms with Gasteiger partial charge in [0.2, 0.25) is 0 Å². The topological polar surface area (TPSA) is 52.1 Å². The molecule has 1 aromatic heterocycles. The van der Waals surface area contributed by atoms with Crippen LogP contribution in [-0.4, -0.2) is 22.0 Å². The van der Waals surface area contributed by atoms with Crippen LogP contribution in [0, 0.1) is 19.7 Å². The van der Waals surface area contributed by atoms with Crippen LogP contribution in [0.3, 0.4) is 0 Å². The lowest BCUT2D eigenvalue weighted by molar-refractivity contribution is 0.0379. The second-order valence-corrected chi connectivity index (χ2v) is 4.67. The lowest BCUT2D eigenvalue weighted by Gasteiger charge is -2.10. The summed E-state index contributed by atoms with van der Waals surface area (Å²) in [4.78, 5) is 20.5. The van der Waals surface area contributed by atoms with E-state index in [-0.39, 0.29) is 11.7 Å². The van der Waals surface area contributed by atoms with Crippen molar-refractivity contribution < 1.29 is 13.9 Å². The SMILES string of the molecule is Cc1nc2cc(F)cc(C(=O)OC(C)C)c2nc1C. The van der Waals surface area contributed by atoms with Crippen LogP contribution in [0.15, 0.2) is 12.1 Å². The molecule has 5 heteroatoms. The number of aryl methyl sites for hydroxylation is 2. The van der Waals surface area contributed by atoms with Crippen molar-refractivity contribution in [3.05, 3.63) is 34.9 Å². The lowest BCUT2D eigenvalue weighted by atomic mass is 10.1. The Bertz CT molecular complexity index is 653. The Kier molecular flexibility index (Phi) is 3.46. The van der Waals surface area contributed by atoms with E-state index >= 15 is 0 Å². The zero-order chi connectivity index (χ0) is 14.2. The van der Waals surface area contributed by atoms with E-state index in [4.69, 9.17) is 4.74 Å². The van der Waals surface area contributed by atoms with Gasteiger partial charge in [-0.05, 0) is 33.8 Å². The summed E-state index contributed by atoms with van der Waals surface area (Å²) >= 11 is 0. The smallest absolute Gasteiger partial charge is 0.340 e. The van der Waals surface area contributed by atoms with Gasteiger partial charge in [-0.3, -0.25) is 0 Å². The molecular weight excluding hydrogens is 247 g/mol. The van der Waals surface area contributed by atoms with Crippen LogP contribution >= 0.6 is 0 Å². The van der Waals surface area contributed by atoms with E-state index in [1.807, 2.05) is 0 Å². The highest BCUT2D eigenvalue weighted by Gasteiger charge is 2.17. The molecule has 0 N–H and O–H groups in total. The number of benzene rings is 1. The number of rotatable bonds is 2. The third kappa shape index (κ3) is 2.70. The van der Waals surface area contributed by atoms with Gasteiger partial charge in [-0.1, -0.05) is 0 Å². The predicted molar refractivity (Wildman–Crippen MR) is 69.5 cm³/mol. The van der Waals surface area contributed by atoms with Gasteiger partial charge in [-0.15, -0.1) is 0 Å². The monoisotopic (exact) mass is 262 g/mol. The van der Waals surface area contributed by atoms with E-state index in [1.165, 1.54) is 6.07 Å². The Morgan fingerprint density at radius 1 is 1.21 bits per heavy atom. The molecule has 0 spiro atoms. The number of hydrogen-bond donors (Lipinski definition) is 0. The third-order valence-corrected chi connectivity index (χ3v) is 2.71. The number of carbonyl (C=O) groups is 1. The van der Waals surface area contributed by atoms with Gasteiger partial charge in [-0.2, -0.15) is 0 Å². The van der Waals surface area contributed by atoms with E-state index in [2.05, 4.69) is 9.97 Å². The molecule has 1 aromatic carbocycles. The summed E-state index contributed by atoms with van der Waals surface area (Å²) in [6, 6.07) is 2.40. The maximum Gasteiger partial charge on any atom is 0.340 e. The number of esters is 1. The molecule has 0 bridgehead atoms. The molecule has 0 amide bonds. The van der Waals surface area contributed by atoms with E-state index < -0.39 is 11.8 Å². The fourth-order valence-corrected chi connectivity index (χ4v) is 1.73. The number of fused-ring (bicyclic) bond motifs is 1. The normalized spacial score (nSPS) is 11.1. The van der Waals surface area contributed by atoms with Crippen molar-refractivity contribution in [1.29, 1.82) is 0 Å². The van der Waals surface area contributed by atoms with E-state index in [0.29, 0.717) is 22.4 Å². The Labute approximate surface area is 110 Å². The summed E-state index contributed by atoms with van der Waals surface area (Å²) in [5, 5.41) is 0. The number of nitrogens with zero attached hydrogens (tertiary/aromatic N) is 2. The first kappa shape index (κ1) is 13.4. The minimum absolute atomic E-state index is 0.110. The molecule has 19 heavy (non-hydrogen) atoms. The predicted octanol–water partition coefficient (Wildman–Crippen LogP) is 2.95. The van der Waals surface area contributed by atoms with Crippen molar-refractivity contribution >= 4 is 17.0 Å². The van der Waals surface area contributed by atoms with Crippen molar-refractivity contribution in [1.82, 2.24) is 9.97 Å². The maximum atomic E-state index is 13.6. The molecule has 100 valence electrons. The summed E-state index contributed by atoms with van der Waals surface area (Å²) in [7, 11) is 0. The van der Waals surface area contributed by atoms with Gasteiger partial charge >= 0.3 is 5.97 Å². The number of aromatic nitrogens is 2. The number of hydrogen-bond acceptors (Lipinski definition) is 4. The molecule has 0 saturated carbocycles. The van der Waals surface area contributed by atoms with Crippen molar-refractivity contribution in [3.8, 4) is 0 Å². The Hall–Kier alpha value is -2.04. The molecule has 0 saturated heterocycles. The average Bonchev–Trinajstić information content (AvgIpc) is 2.29. The van der Waals surface area contributed by atoms with Crippen LogP contribution in [0.2, 0.25) is 0 Å². The molecule has 0 unspecified atom stereocenters. The standard InChI is InChI=1S/C14H15FN2O2/c1-7(2)19-14(18)11-5-10(15)6-12-13(11)17-9(4)8(3)16-12/h5-7H,1-4H3. The second kappa shape index (κ2) is 4.91. The Morgan fingerprint density at radius 2 is 1.84 bits per heavy atom. The van der Waals surface area contributed by atoms with Crippen LogP contribution in [0.1, 0.15) is 35.6 Å². The lowest BCUT2D eigenvalue weighted by Crippen LogP contribution is -2.13. The highest BCUT2D eigenvalue weighted by molar-refractivity contribution is 6.01. The number of ether oxygens (including phenoxy) is 1. The van der Waals surface area contributed by atoms with Crippen LogP contribution in [0.5, 0.6) is 0 Å². The summed E-state index contributed by atoms with van der Waals surface area (Å²) in [5.41, 5.74) is 2.26. The van der Waals surface area contributed by atoms with Crippen molar-refractivity contribution in [3.63, 3.8) is 0 Å². The van der Waals surface area contributed by atoms with Crippen molar-refractivity contribution in [2.75, 3.05) is 0 Å². The third-order valence-electron chi connectivity index (χ3n) is 2.71. The molecule has 1 heterocycles. The highest BCUT2D eigenvalue weighted by atomic mass is 19.1. The first-order valence-electron chi connectivity index (χ1n) is 6.04. The minimum Gasteiger partial charge on any atom is -0.459 e. The fourth-order valence-electron chi connectivity index (χ4n) is 1.73. The molecule has 0 aliphatic rings. The van der Waals surface area contributed by atoms with Gasteiger partial charge < -0.3 is 4.74 Å². The van der Waals surface area contributed by atoms with Crippen molar-refractivity contribution in [2.24, 2.45) is 0 Å². The zero-order valence-electron chi connectivity index (χ0n) is 11.3. The second-order valence-electron chi connectivity index (χ2n) is 4.67. The summed E-state index contributed by atoms with van der Waals surface area (Å²) in [6.07, 6.45) is -0.273. The number of carbonyl (C=O) groups excluding carboxylic acids is 1. The molecule has 0 aliphatic carbocycles. The molecule has 4 nitrogen and oxygen atoms in total. The van der Waals surface area contributed by atoms with Crippen LogP contribution in [-0.2, 0) is 4.74 Å². The van der Waals surface area contributed by atoms with Crippen LogP contribution in [0.4, 0.5) is 4.39 Å². The molecule has 0 radical (unpaired) electrons. The molecular formula is C14H15FN2O2. The molecule has 2 aromatic rings. The van der Waals surface area contributed by atoms with Crippen LogP contribution < -0.4 is 0 Å². The number of halogens is 1. The van der Waals surface area contributed by atoms with Gasteiger partial charge in [0.05, 0.1) is 28.6 Å². The minimum atomic E-state index is -0.586. The summed E-state index contributed by atoms with van der Waals surface area (Å²) < 4.78 is 18.6. The van der Waals surface area contributed by atoms with E-state index in [9.17, 15) is 9.18 Å². The fraction of sp³-hybridized carbons (Fsp3) is 0.357. The van der Waals surface area contributed by atoms with Gasteiger partial charge in [0, 0.05) is 6.07 Å².